The van der Waals surface area contributed by atoms with Gasteiger partial charge in [0.25, 0.3) is 5.56 Å². The molecule has 0 radical (unpaired) electrons. The van der Waals surface area contributed by atoms with Crippen LogP contribution in [0.25, 0.3) is 0 Å². The van der Waals surface area contributed by atoms with Gasteiger partial charge in [0.2, 0.25) is 0 Å². The van der Waals surface area contributed by atoms with E-state index in [-0.39, 0.29) is 35.1 Å². The molecule has 1 fully saturated rings. The predicted molar refractivity (Wildman–Crippen MR) is 108 cm³/mol. The number of phosphoric acid groups is 3. The van der Waals surface area contributed by atoms with Gasteiger partial charge in [-0.25, -0.2) is 22.5 Å². The number of aliphatic hydroxyl groups excluding tert-OH is 2. The second-order valence-corrected chi connectivity index (χ2v) is 9.31. The van der Waals surface area contributed by atoms with Crippen molar-refractivity contribution in [3.05, 3.63) is 39.5 Å². The number of aromatic nitrogens is 2. The van der Waals surface area contributed by atoms with Gasteiger partial charge in [-0.3, -0.25) is 9.78 Å². The van der Waals surface area contributed by atoms with Gasteiger partial charge in [0, 0.05) is 12.5 Å². The molecule has 0 aliphatic carbocycles. The van der Waals surface area contributed by atoms with E-state index in [1.807, 2.05) is 0 Å². The van der Waals surface area contributed by atoms with Crippen molar-refractivity contribution in [3.63, 3.8) is 0 Å². The Morgan fingerprint density at radius 3 is 1.53 bits per heavy atom. The first-order valence-corrected chi connectivity index (χ1v) is 13.4. The number of nitrogens with one attached hydrogen (secondary N) is 1. The SMILES string of the molecule is O=P(O)(O)O.O=P(O)(O)O.O=P(O)(O)O.[CH2-][C@@H]1O[C@@H](c2cn(SC)c(=O)[nH]c2=O)[C@H](O)[C@@H]1O.[Na+]. The van der Waals surface area contributed by atoms with Crippen molar-refractivity contribution in [1.82, 2.24) is 8.96 Å². The average molecular weight is 590 g/mol. The van der Waals surface area contributed by atoms with E-state index in [1.54, 1.807) is 6.26 Å². The van der Waals surface area contributed by atoms with E-state index < -0.39 is 59.1 Å². The minimum atomic E-state index is -4.64. The number of rotatable bonds is 2. The van der Waals surface area contributed by atoms with Crippen LogP contribution in [0.1, 0.15) is 11.7 Å². The number of hydrogen-bond acceptors (Lipinski definition) is 9. The summed E-state index contributed by atoms with van der Waals surface area (Å²) in [5.74, 6) is 0. The molecule has 0 saturated carbocycles. The molecule has 0 unspecified atom stereocenters. The quantitative estimate of drug-likeness (QED) is 0.0864. The first kappa shape index (κ1) is 38.8. The van der Waals surface area contributed by atoms with Gasteiger partial charge in [-0.2, -0.15) is 0 Å². The Morgan fingerprint density at radius 2 is 1.26 bits per heavy atom. The van der Waals surface area contributed by atoms with Crippen molar-refractivity contribution in [2.45, 2.75) is 24.4 Å². The first-order chi connectivity index (χ1) is 14.5. The number of hydrogen-bond donors (Lipinski definition) is 12. The van der Waals surface area contributed by atoms with Crippen LogP contribution >= 0.6 is 35.4 Å². The van der Waals surface area contributed by atoms with Gasteiger partial charge >= 0.3 is 58.7 Å². The Hall–Kier alpha value is 0.240. The van der Waals surface area contributed by atoms with E-state index in [0.29, 0.717) is 0 Å². The molecule has 2 heterocycles. The Labute approximate surface area is 216 Å². The molecule has 1 aromatic rings. The van der Waals surface area contributed by atoms with Crippen LogP contribution < -0.4 is 40.8 Å². The van der Waals surface area contributed by atoms with Crippen LogP contribution in [0.5, 0.6) is 0 Å². The summed E-state index contributed by atoms with van der Waals surface area (Å²) in [7, 11) is -13.9. The summed E-state index contributed by atoms with van der Waals surface area (Å²) in [5.41, 5.74) is -1.12. The van der Waals surface area contributed by atoms with Crippen molar-refractivity contribution in [2.75, 3.05) is 6.26 Å². The van der Waals surface area contributed by atoms with Crippen molar-refractivity contribution < 1.29 is 102 Å². The van der Waals surface area contributed by atoms with Gasteiger partial charge < -0.3 is 65.9 Å². The van der Waals surface area contributed by atoms with Gasteiger partial charge in [0.1, 0.15) is 12.2 Å². The third-order valence-electron chi connectivity index (χ3n) is 2.80. The number of ether oxygens (including phenoxy) is 1. The molecule has 19 nitrogen and oxygen atoms in total. The van der Waals surface area contributed by atoms with E-state index in [4.69, 9.17) is 62.5 Å². The molecule has 1 aliphatic heterocycles. The molecular weight excluding hydrogens is 568 g/mol. The maximum absolute atomic E-state index is 11.7. The largest absolute Gasteiger partial charge is 1.00 e. The molecule has 4 atom stereocenters. The molecule has 2 rings (SSSR count). The van der Waals surface area contributed by atoms with E-state index in [9.17, 15) is 19.8 Å². The van der Waals surface area contributed by atoms with Gasteiger partial charge in [-0.05, 0) is 18.1 Å². The van der Waals surface area contributed by atoms with Crippen molar-refractivity contribution in [2.24, 2.45) is 0 Å². The fraction of sp³-hybridized carbons (Fsp3) is 0.500. The monoisotopic (exact) mass is 590 g/mol. The van der Waals surface area contributed by atoms with E-state index in [0.717, 1.165) is 11.9 Å². The Balaban J connectivity index is -0.000000496. The van der Waals surface area contributed by atoms with Crippen molar-refractivity contribution in [1.29, 1.82) is 0 Å². The minimum absolute atomic E-state index is 0. The smallest absolute Gasteiger partial charge is 0.397 e. The predicted octanol–water partition coefficient (Wildman–Crippen LogP) is -7.12. The fourth-order valence-electron chi connectivity index (χ4n) is 1.81. The van der Waals surface area contributed by atoms with Crippen molar-refractivity contribution in [3.8, 4) is 0 Å². The molecule has 196 valence electrons. The summed E-state index contributed by atoms with van der Waals surface area (Å²) in [6, 6.07) is 0. The molecule has 12 N–H and O–H groups in total. The molecule has 0 spiro atoms. The summed E-state index contributed by atoms with van der Waals surface area (Å²) in [6.07, 6.45) is -1.27. The maximum Gasteiger partial charge on any atom is 1.00 e. The summed E-state index contributed by atoms with van der Waals surface area (Å²) in [6.45, 7) is 3.52. The van der Waals surface area contributed by atoms with Crippen LogP contribution in [0.2, 0.25) is 0 Å². The molecule has 24 heteroatoms. The molecular formula is C10H22N2NaO17P3S. The minimum Gasteiger partial charge on any atom is -0.397 e. The fourth-order valence-corrected chi connectivity index (χ4v) is 2.24. The Kier molecular flexibility index (Phi) is 18.4. The number of aliphatic hydroxyl groups is 2. The number of nitrogens with zero attached hydrogens (tertiary/aromatic N) is 1. The van der Waals surface area contributed by atoms with Gasteiger partial charge in [-0.1, -0.05) is 0 Å². The van der Waals surface area contributed by atoms with Gasteiger partial charge in [0.15, 0.2) is 0 Å². The zero-order valence-corrected chi connectivity index (χ0v) is 22.7. The molecule has 1 saturated heterocycles. The van der Waals surface area contributed by atoms with E-state index in [1.165, 1.54) is 10.2 Å². The zero-order chi connectivity index (χ0) is 26.9. The Morgan fingerprint density at radius 1 is 0.912 bits per heavy atom. The maximum atomic E-state index is 11.7. The Bertz CT molecular complexity index is 928. The molecule has 0 amide bonds. The summed E-state index contributed by atoms with van der Waals surface area (Å²) in [5, 5.41) is 19.3. The summed E-state index contributed by atoms with van der Waals surface area (Å²) in [4.78, 5) is 89.9. The van der Waals surface area contributed by atoms with E-state index in [2.05, 4.69) is 11.9 Å². The van der Waals surface area contributed by atoms with Crippen LogP contribution in [-0.4, -0.2) is 87.8 Å². The normalized spacial score (nSPS) is 22.0. The van der Waals surface area contributed by atoms with Crippen LogP contribution in [0, 0.1) is 6.92 Å². The second kappa shape index (κ2) is 16.2. The molecule has 0 bridgehead atoms. The van der Waals surface area contributed by atoms with Crippen molar-refractivity contribution >= 4 is 35.4 Å². The average Bonchev–Trinajstić information content (AvgIpc) is 2.78. The van der Waals surface area contributed by atoms with Crippen LogP contribution in [-0.2, 0) is 18.4 Å². The zero-order valence-electron chi connectivity index (χ0n) is 17.2. The van der Waals surface area contributed by atoms with Crippen LogP contribution in [0.3, 0.4) is 0 Å². The number of H-pyrrole nitrogens is 1. The van der Waals surface area contributed by atoms with Crippen LogP contribution in [0.15, 0.2) is 15.8 Å². The third kappa shape index (κ3) is 21.5. The van der Waals surface area contributed by atoms with Gasteiger partial charge in [0.05, 0.1) is 11.7 Å². The topological polar surface area (TPSA) is 338 Å². The third-order valence-corrected chi connectivity index (χ3v) is 3.47. The van der Waals surface area contributed by atoms with E-state index >= 15 is 0 Å². The standard InChI is InChI=1S/C10H13N2O5S.Na.3H3O4P/c1-4-6(13)7(14)8(17-4)5-3-12(18-2)10(16)11-9(5)15;;3*1-5(2,3)4/h3-4,6-8,13-14H,1H2,2H3,(H,11,15,16);;3*(H3,1,2,3,4)/q-1;+1;;;/t4-,6+,7+,8-;;;;/m0..../s1. The summed E-state index contributed by atoms with van der Waals surface area (Å²) >= 11 is 1.10. The van der Waals surface area contributed by atoms with Crippen LogP contribution in [0.4, 0.5) is 0 Å². The first-order valence-electron chi connectivity index (χ1n) is 7.55. The molecule has 34 heavy (non-hydrogen) atoms. The molecule has 1 aromatic heterocycles. The number of aromatic amines is 1. The molecule has 1 aliphatic rings. The molecule has 0 aromatic carbocycles. The summed E-state index contributed by atoms with van der Waals surface area (Å²) < 4.78 is 33.1. The second-order valence-electron chi connectivity index (χ2n) is 5.47. The van der Waals surface area contributed by atoms with Gasteiger partial charge in [-0.15, -0.1) is 0 Å².